The number of aromatic nitrogens is 1. The summed E-state index contributed by atoms with van der Waals surface area (Å²) >= 11 is 0. The molecule has 2 fully saturated rings. The molecule has 2 aliphatic heterocycles. The van der Waals surface area contributed by atoms with Crippen molar-refractivity contribution in [2.45, 2.75) is 32.6 Å². The monoisotopic (exact) mass is 409 g/mol. The number of pyridine rings is 1. The molecule has 158 valence electrons. The van der Waals surface area contributed by atoms with Crippen LogP contribution in [0.2, 0.25) is 0 Å². The number of carbonyl (C=O) groups excluding carboxylic acids is 2. The Hall–Kier alpha value is -3.09. The molecule has 0 spiro atoms. The number of ether oxygens (including phenoxy) is 1. The number of nitrogens with one attached hydrogen (secondary N) is 2. The van der Waals surface area contributed by atoms with Gasteiger partial charge < -0.3 is 15.0 Å². The summed E-state index contributed by atoms with van der Waals surface area (Å²) in [5.41, 5.74) is 3.51. The van der Waals surface area contributed by atoms with Gasteiger partial charge in [0.1, 0.15) is 5.56 Å². The van der Waals surface area contributed by atoms with E-state index >= 15 is 0 Å². The third kappa shape index (κ3) is 4.56. The normalized spacial score (nSPS) is 16.0. The molecule has 7 heteroatoms. The van der Waals surface area contributed by atoms with Crippen molar-refractivity contribution in [1.82, 2.24) is 0 Å². The minimum absolute atomic E-state index is 0.319. The van der Waals surface area contributed by atoms with Gasteiger partial charge in [0.15, 0.2) is 6.61 Å². The smallest absolute Gasteiger partial charge is 0.347 e. The van der Waals surface area contributed by atoms with Crippen molar-refractivity contribution in [3.63, 3.8) is 0 Å². The fourth-order valence-electron chi connectivity index (χ4n) is 4.25. The topological polar surface area (TPSA) is 76.0 Å². The van der Waals surface area contributed by atoms with Crippen LogP contribution in [-0.4, -0.2) is 44.7 Å². The number of amides is 1. The molecular formula is C23H29N4O3+. The maximum atomic E-state index is 12.6. The highest BCUT2D eigenvalue weighted by Gasteiger charge is 2.27. The molecule has 2 saturated heterocycles. The highest BCUT2D eigenvalue weighted by molar-refractivity contribution is 5.97. The minimum atomic E-state index is -0.496. The van der Waals surface area contributed by atoms with Gasteiger partial charge in [0, 0.05) is 24.5 Å². The molecule has 2 aliphatic rings. The van der Waals surface area contributed by atoms with Gasteiger partial charge in [-0.2, -0.15) is 0 Å². The zero-order valence-corrected chi connectivity index (χ0v) is 17.4. The van der Waals surface area contributed by atoms with Gasteiger partial charge in [0.05, 0.1) is 19.3 Å². The molecule has 0 radical (unpaired) electrons. The molecule has 3 heterocycles. The molecule has 7 nitrogen and oxygen atoms in total. The van der Waals surface area contributed by atoms with Gasteiger partial charge in [0.2, 0.25) is 0 Å². The summed E-state index contributed by atoms with van der Waals surface area (Å²) in [4.78, 5) is 32.6. The summed E-state index contributed by atoms with van der Waals surface area (Å²) in [5, 5.41) is 2.82. The van der Waals surface area contributed by atoms with Crippen molar-refractivity contribution in [3.8, 4) is 0 Å². The highest BCUT2D eigenvalue weighted by Crippen LogP contribution is 2.26. The lowest BCUT2D eigenvalue weighted by Gasteiger charge is -2.20. The number of carbonyl (C=O) groups is 2. The number of rotatable bonds is 6. The van der Waals surface area contributed by atoms with E-state index in [1.54, 1.807) is 18.3 Å². The van der Waals surface area contributed by atoms with Crippen LogP contribution in [0.1, 0.15) is 41.6 Å². The molecule has 2 N–H and O–H groups in total. The van der Waals surface area contributed by atoms with E-state index < -0.39 is 5.97 Å². The second kappa shape index (κ2) is 9.15. The van der Waals surface area contributed by atoms with Crippen LogP contribution in [0.5, 0.6) is 0 Å². The van der Waals surface area contributed by atoms with Crippen molar-refractivity contribution < 1.29 is 19.3 Å². The fraction of sp³-hybridized carbons (Fsp3) is 0.435. The lowest BCUT2D eigenvalue weighted by atomic mass is 10.1. The Balaban J connectivity index is 1.34. The summed E-state index contributed by atoms with van der Waals surface area (Å²) < 4.78 is 5.29. The van der Waals surface area contributed by atoms with Gasteiger partial charge in [-0.05, 0) is 68.5 Å². The van der Waals surface area contributed by atoms with E-state index in [-0.39, 0.29) is 12.5 Å². The van der Waals surface area contributed by atoms with E-state index in [0.717, 1.165) is 50.4 Å². The van der Waals surface area contributed by atoms with Crippen molar-refractivity contribution in [2.24, 2.45) is 0 Å². The van der Waals surface area contributed by atoms with Gasteiger partial charge in [0.25, 0.3) is 11.7 Å². The zero-order valence-electron chi connectivity index (χ0n) is 17.4. The predicted molar refractivity (Wildman–Crippen MR) is 116 cm³/mol. The predicted octanol–water partition coefficient (Wildman–Crippen LogP) is 2.81. The Morgan fingerprint density at radius 3 is 2.43 bits per heavy atom. The number of hydrogen-bond acceptors (Lipinski definition) is 5. The molecular weight excluding hydrogens is 380 g/mol. The van der Waals surface area contributed by atoms with Crippen LogP contribution < -0.4 is 20.1 Å². The van der Waals surface area contributed by atoms with Crippen LogP contribution in [0.15, 0.2) is 36.5 Å². The van der Waals surface area contributed by atoms with E-state index in [0.29, 0.717) is 11.3 Å². The van der Waals surface area contributed by atoms with Crippen molar-refractivity contribution in [1.29, 1.82) is 0 Å². The van der Waals surface area contributed by atoms with Crippen LogP contribution in [0.3, 0.4) is 0 Å². The summed E-state index contributed by atoms with van der Waals surface area (Å²) in [5.74, 6) is -0.0858. The van der Waals surface area contributed by atoms with Crippen molar-refractivity contribution in [2.75, 3.05) is 47.9 Å². The molecule has 1 aromatic heterocycles. The molecule has 0 atom stereocenters. The largest absolute Gasteiger partial charge is 0.452 e. The van der Waals surface area contributed by atoms with Gasteiger partial charge in [-0.3, -0.25) is 9.69 Å². The Kier molecular flexibility index (Phi) is 6.16. The average Bonchev–Trinajstić information content (AvgIpc) is 3.46. The van der Waals surface area contributed by atoms with Crippen LogP contribution >= 0.6 is 0 Å². The fourth-order valence-corrected chi connectivity index (χ4v) is 4.25. The Labute approximate surface area is 177 Å². The average molecular weight is 410 g/mol. The van der Waals surface area contributed by atoms with Gasteiger partial charge in [-0.1, -0.05) is 0 Å². The first-order chi connectivity index (χ1) is 14.6. The minimum Gasteiger partial charge on any atom is -0.452 e. The zero-order chi connectivity index (χ0) is 20.9. The molecule has 1 amide bonds. The van der Waals surface area contributed by atoms with E-state index in [2.05, 4.69) is 27.0 Å². The number of benzene rings is 1. The quantitative estimate of drug-likeness (QED) is 0.743. The maximum absolute atomic E-state index is 12.6. The van der Waals surface area contributed by atoms with Crippen molar-refractivity contribution >= 4 is 29.1 Å². The summed E-state index contributed by atoms with van der Waals surface area (Å²) in [6.45, 7) is 5.72. The molecule has 4 rings (SSSR count). The SMILES string of the molecule is Cc1cc(NC(=O)COC(=O)c2ccc[nH+]c2N2CCCC2)ccc1N1CCCC1. The first-order valence-electron chi connectivity index (χ1n) is 10.7. The third-order valence-electron chi connectivity index (χ3n) is 5.74. The number of esters is 1. The Morgan fingerprint density at radius 2 is 1.73 bits per heavy atom. The first-order valence-corrected chi connectivity index (χ1v) is 10.7. The number of anilines is 3. The van der Waals surface area contributed by atoms with Crippen LogP contribution in [0.25, 0.3) is 0 Å². The van der Waals surface area contributed by atoms with Crippen molar-refractivity contribution in [3.05, 3.63) is 47.7 Å². The molecule has 0 unspecified atom stereocenters. The number of aryl methyl sites for hydroxylation is 1. The van der Waals surface area contributed by atoms with Crippen LogP contribution in [0, 0.1) is 6.92 Å². The second-order valence-corrected chi connectivity index (χ2v) is 7.95. The lowest BCUT2D eigenvalue weighted by Crippen LogP contribution is -2.29. The molecule has 0 bridgehead atoms. The van der Waals surface area contributed by atoms with E-state index in [4.69, 9.17) is 4.74 Å². The molecule has 0 saturated carbocycles. The summed E-state index contributed by atoms with van der Waals surface area (Å²) in [6.07, 6.45) is 6.46. The first kappa shape index (κ1) is 20.2. The number of H-pyrrole nitrogens is 1. The number of nitrogens with zero attached hydrogens (tertiary/aromatic N) is 2. The highest BCUT2D eigenvalue weighted by atomic mass is 16.5. The van der Waals surface area contributed by atoms with E-state index in [1.165, 1.54) is 18.5 Å². The van der Waals surface area contributed by atoms with Crippen LogP contribution in [0.4, 0.5) is 17.2 Å². The van der Waals surface area contributed by atoms with E-state index in [9.17, 15) is 9.59 Å². The number of hydrogen-bond donors (Lipinski definition) is 1. The molecule has 2 aromatic rings. The standard InChI is InChI=1S/C23H28N4O3/c1-17-15-18(8-9-20(17)26-11-2-3-12-26)25-21(28)16-30-23(29)19-7-6-10-24-22(19)27-13-4-5-14-27/h6-10,15H,2-5,11-14,16H2,1H3,(H,25,28)/p+1. The summed E-state index contributed by atoms with van der Waals surface area (Å²) in [6, 6.07) is 9.40. The summed E-state index contributed by atoms with van der Waals surface area (Å²) in [7, 11) is 0. The molecule has 30 heavy (non-hydrogen) atoms. The lowest BCUT2D eigenvalue weighted by molar-refractivity contribution is -0.364. The third-order valence-corrected chi connectivity index (χ3v) is 5.74. The maximum Gasteiger partial charge on any atom is 0.347 e. The second-order valence-electron chi connectivity index (χ2n) is 7.95. The van der Waals surface area contributed by atoms with Gasteiger partial charge in [-0.25, -0.2) is 9.78 Å². The van der Waals surface area contributed by atoms with Gasteiger partial charge >= 0.3 is 5.97 Å². The molecule has 1 aromatic carbocycles. The number of aromatic amines is 1. The molecule has 0 aliphatic carbocycles. The Morgan fingerprint density at radius 1 is 1.03 bits per heavy atom. The Bertz CT molecular complexity index is 918. The van der Waals surface area contributed by atoms with Gasteiger partial charge in [-0.15, -0.1) is 0 Å². The van der Waals surface area contributed by atoms with E-state index in [1.807, 2.05) is 18.2 Å². The van der Waals surface area contributed by atoms with Crippen LogP contribution in [-0.2, 0) is 9.53 Å².